The Morgan fingerprint density at radius 1 is 1.26 bits per heavy atom. The molecule has 0 radical (unpaired) electrons. The van der Waals surface area contributed by atoms with Crippen LogP contribution in [0.3, 0.4) is 0 Å². The van der Waals surface area contributed by atoms with Crippen molar-refractivity contribution < 1.29 is 23.1 Å². The van der Waals surface area contributed by atoms with Crippen molar-refractivity contribution in [3.8, 4) is 11.5 Å². The fourth-order valence-electron chi connectivity index (χ4n) is 1.78. The smallest absolute Gasteiger partial charge is 0.392 e. The van der Waals surface area contributed by atoms with Crippen LogP contribution in [0.2, 0.25) is 0 Å². The number of hydrogen-bond acceptors (Lipinski definition) is 5. The first-order chi connectivity index (χ1) is 9.19. The largest absolute Gasteiger partial charge is 0.616 e. The van der Waals surface area contributed by atoms with E-state index in [1.165, 1.54) is 19.4 Å². The van der Waals surface area contributed by atoms with E-state index in [2.05, 4.69) is 4.74 Å². The lowest BCUT2D eigenvalue weighted by Gasteiger charge is -1.93. The third kappa shape index (κ3) is 1.83. The number of methoxy groups -OCH3 is 1. The molecule has 0 amide bonds. The maximum Gasteiger partial charge on any atom is 0.392 e. The first-order valence-electron chi connectivity index (χ1n) is 5.49. The van der Waals surface area contributed by atoms with Crippen LogP contribution in [-0.2, 0) is 4.74 Å². The van der Waals surface area contributed by atoms with Gasteiger partial charge in [-0.1, -0.05) is 0 Å². The number of nitrogens with zero attached hydrogens (tertiary/aromatic N) is 1. The molecular formula is C13H9NO5. The van der Waals surface area contributed by atoms with Gasteiger partial charge >= 0.3 is 11.7 Å². The lowest BCUT2D eigenvalue weighted by molar-refractivity contribution is -0.584. The molecule has 0 atom stereocenters. The second-order valence-corrected chi connectivity index (χ2v) is 3.86. The summed E-state index contributed by atoms with van der Waals surface area (Å²) in [5.41, 5.74) is 0.188. The number of carbonyl (C=O) groups excluding carboxylic acids is 1. The number of aromatic nitrogens is 1. The second-order valence-electron chi connectivity index (χ2n) is 3.86. The maximum atomic E-state index is 11.5. The fraction of sp³-hybridized carbons (Fsp3) is 0.0769. The van der Waals surface area contributed by atoms with Gasteiger partial charge in [-0.2, -0.15) is 0 Å². The third-order valence-corrected chi connectivity index (χ3v) is 2.67. The van der Waals surface area contributed by atoms with Crippen molar-refractivity contribution >= 4 is 17.1 Å². The number of furan rings is 2. The molecule has 0 saturated carbocycles. The van der Waals surface area contributed by atoms with E-state index in [-0.39, 0.29) is 11.5 Å². The molecule has 0 aromatic carbocycles. The van der Waals surface area contributed by atoms with Gasteiger partial charge in [-0.15, -0.1) is 4.73 Å². The number of fused-ring (bicyclic) bond motifs is 1. The molecule has 0 saturated heterocycles. The van der Waals surface area contributed by atoms with Gasteiger partial charge in [0, 0.05) is 12.1 Å². The fourth-order valence-corrected chi connectivity index (χ4v) is 1.78. The predicted molar refractivity (Wildman–Crippen MR) is 64.2 cm³/mol. The van der Waals surface area contributed by atoms with E-state index in [4.69, 9.17) is 8.83 Å². The van der Waals surface area contributed by atoms with Crippen LogP contribution in [0.25, 0.3) is 22.6 Å². The molecule has 19 heavy (non-hydrogen) atoms. The molecule has 0 aliphatic heterocycles. The average molecular weight is 259 g/mol. The number of esters is 1. The van der Waals surface area contributed by atoms with Crippen LogP contribution >= 0.6 is 0 Å². The molecule has 3 aromatic rings. The highest BCUT2D eigenvalue weighted by Crippen LogP contribution is 2.27. The summed E-state index contributed by atoms with van der Waals surface area (Å²) in [6, 6.07) is 8.11. The van der Waals surface area contributed by atoms with Gasteiger partial charge in [0.25, 0.3) is 0 Å². The van der Waals surface area contributed by atoms with Gasteiger partial charge in [0.2, 0.25) is 5.76 Å². The lowest BCUT2D eigenvalue weighted by atomic mass is 10.3. The van der Waals surface area contributed by atoms with Crippen LogP contribution in [0.5, 0.6) is 0 Å². The van der Waals surface area contributed by atoms with Gasteiger partial charge < -0.3 is 18.8 Å². The first kappa shape index (κ1) is 11.3. The van der Waals surface area contributed by atoms with Gasteiger partial charge in [-0.3, -0.25) is 0 Å². The maximum absolute atomic E-state index is 11.5. The predicted octanol–water partition coefficient (Wildman–Crippen LogP) is 2.11. The Labute approximate surface area is 107 Å². The van der Waals surface area contributed by atoms with E-state index in [0.29, 0.717) is 21.6 Å². The van der Waals surface area contributed by atoms with Gasteiger partial charge in [0.05, 0.1) is 12.5 Å². The zero-order chi connectivity index (χ0) is 13.4. The summed E-state index contributed by atoms with van der Waals surface area (Å²) in [6.45, 7) is 0. The highest BCUT2D eigenvalue weighted by Gasteiger charge is 2.17. The van der Waals surface area contributed by atoms with Crippen molar-refractivity contribution in [3.05, 3.63) is 47.5 Å². The molecule has 96 valence electrons. The van der Waals surface area contributed by atoms with Gasteiger partial charge in [0.1, 0.15) is 0 Å². The van der Waals surface area contributed by atoms with E-state index in [1.54, 1.807) is 24.3 Å². The van der Waals surface area contributed by atoms with Crippen molar-refractivity contribution in [2.45, 2.75) is 0 Å². The van der Waals surface area contributed by atoms with Crippen molar-refractivity contribution in [1.82, 2.24) is 0 Å². The average Bonchev–Trinajstić information content (AvgIpc) is 3.04. The normalized spacial score (nSPS) is 10.8. The molecule has 0 unspecified atom stereocenters. The number of pyridine rings is 1. The van der Waals surface area contributed by atoms with E-state index in [1.807, 2.05) is 0 Å². The van der Waals surface area contributed by atoms with Gasteiger partial charge in [0.15, 0.2) is 17.7 Å². The van der Waals surface area contributed by atoms with Crippen molar-refractivity contribution in [2.75, 3.05) is 7.11 Å². The third-order valence-electron chi connectivity index (χ3n) is 2.67. The zero-order valence-corrected chi connectivity index (χ0v) is 9.95. The van der Waals surface area contributed by atoms with Crippen LogP contribution < -0.4 is 4.73 Å². The van der Waals surface area contributed by atoms with Crippen molar-refractivity contribution in [1.29, 1.82) is 0 Å². The molecule has 0 N–H and O–H groups in total. The van der Waals surface area contributed by atoms with E-state index in [0.717, 1.165) is 0 Å². The van der Waals surface area contributed by atoms with E-state index >= 15 is 0 Å². The Balaban J connectivity index is 2.07. The Hall–Kier alpha value is -2.76. The second kappa shape index (κ2) is 4.16. The Kier molecular flexibility index (Phi) is 2.49. The molecule has 0 fully saturated rings. The molecular weight excluding hydrogens is 250 g/mol. The summed E-state index contributed by atoms with van der Waals surface area (Å²) >= 11 is 0. The minimum atomic E-state index is -0.568. The van der Waals surface area contributed by atoms with E-state index in [9.17, 15) is 10.0 Å². The Morgan fingerprint density at radius 3 is 2.84 bits per heavy atom. The molecule has 0 bridgehead atoms. The topological polar surface area (TPSA) is 79.5 Å². The highest BCUT2D eigenvalue weighted by atomic mass is 16.5. The number of ether oxygens (including phenoxy) is 1. The minimum Gasteiger partial charge on any atom is -0.616 e. The lowest BCUT2D eigenvalue weighted by Crippen LogP contribution is -2.24. The number of rotatable bonds is 2. The molecule has 0 aliphatic carbocycles. The molecule has 3 heterocycles. The summed E-state index contributed by atoms with van der Waals surface area (Å²) in [4.78, 5) is 11.3. The Morgan fingerprint density at radius 2 is 2.11 bits per heavy atom. The highest BCUT2D eigenvalue weighted by molar-refractivity contribution is 5.87. The summed E-state index contributed by atoms with van der Waals surface area (Å²) in [5, 5.41) is 12.2. The molecule has 6 nitrogen and oxygen atoms in total. The summed E-state index contributed by atoms with van der Waals surface area (Å²) in [6.07, 6.45) is 1.34. The number of hydrogen-bond donors (Lipinski definition) is 0. The number of carbonyl (C=O) groups is 1. The Bertz CT molecular complexity index is 755. The van der Waals surface area contributed by atoms with Crippen LogP contribution in [-0.4, -0.2) is 13.1 Å². The van der Waals surface area contributed by atoms with Gasteiger partial charge in [-0.05, 0) is 18.2 Å². The quantitative estimate of drug-likeness (QED) is 0.400. The monoisotopic (exact) mass is 259 g/mol. The van der Waals surface area contributed by atoms with Crippen molar-refractivity contribution in [3.63, 3.8) is 0 Å². The summed E-state index contributed by atoms with van der Waals surface area (Å²) in [5.74, 6) is 0.242. The standard InChI is InChI=1S/C13H9NO5/c1-17-13(15)10-5-4-9(18-10)11-7-8-3-2-6-14(16)12(8)19-11/h2-7H,1H3. The van der Waals surface area contributed by atoms with Gasteiger partial charge in [-0.25, -0.2) is 4.79 Å². The van der Waals surface area contributed by atoms with E-state index < -0.39 is 5.97 Å². The molecule has 3 rings (SSSR count). The zero-order valence-electron chi connectivity index (χ0n) is 9.95. The van der Waals surface area contributed by atoms with Crippen molar-refractivity contribution in [2.24, 2.45) is 0 Å². The van der Waals surface area contributed by atoms with Crippen LogP contribution in [0.1, 0.15) is 10.6 Å². The summed E-state index contributed by atoms with van der Waals surface area (Å²) in [7, 11) is 1.27. The molecule has 0 spiro atoms. The van der Waals surface area contributed by atoms with Crippen LogP contribution in [0.15, 0.2) is 45.4 Å². The summed E-state index contributed by atoms with van der Waals surface area (Å²) < 4.78 is 15.9. The van der Waals surface area contributed by atoms with Crippen LogP contribution in [0, 0.1) is 5.21 Å². The molecule has 3 aromatic heterocycles. The SMILES string of the molecule is COC(=O)c1ccc(-c2cc3ccc[n+]([O-])c3o2)o1. The minimum absolute atomic E-state index is 0.0768. The molecule has 0 aliphatic rings. The van der Waals surface area contributed by atoms with Crippen LogP contribution in [0.4, 0.5) is 0 Å². The first-order valence-corrected chi connectivity index (χ1v) is 5.49. The molecule has 6 heteroatoms.